The Kier molecular flexibility index (Phi) is 13.7. The minimum absolute atomic E-state index is 0. The second-order valence-electron chi connectivity index (χ2n) is 15.4. The molecule has 3 aromatic heterocycles. The topological polar surface area (TPSA) is 38.7 Å². The molecule has 0 aliphatic rings. The van der Waals surface area contributed by atoms with Crippen molar-refractivity contribution in [2.45, 2.75) is 0 Å². The number of hydrogen-bond donors (Lipinski definition) is 0. The van der Waals surface area contributed by atoms with Crippen LogP contribution in [0.5, 0.6) is 0 Å². The predicted octanol–water partition coefficient (Wildman–Crippen LogP) is 17.0. The van der Waals surface area contributed by atoms with E-state index in [-0.39, 0.29) is 37.6 Å². The molecule has 0 saturated heterocycles. The van der Waals surface area contributed by atoms with Gasteiger partial charge in [-0.2, -0.15) is 0 Å². The molecule has 10 heteroatoms. The van der Waals surface area contributed by atoms with Crippen molar-refractivity contribution in [1.82, 2.24) is 15.0 Å². The predicted molar refractivity (Wildman–Crippen MR) is 268 cm³/mol. The molecular weight excluding hydrogens is 1220 g/mol. The standard InChI is InChI=1S/C57H30Br3F3N3.Ir/c58-49-28-34(13-19-52(49)61)55-22-16-37(31-64-55)43-7-1-4-10-46(43)40-25-41(47-11-5-2-8-44(47)38-17-23-56(65-32-38)35-14-20-53(62)50(59)29-35)27-42(26-40)48-12-6-3-9-45(48)39-18-24-57(66-33-39)36-15-21-54(63)51(60)30-36;/h1-12,16-33H;/q-3;+3. The molecule has 0 unspecified atom stereocenters. The molecule has 67 heavy (non-hydrogen) atoms. The summed E-state index contributed by atoms with van der Waals surface area (Å²) in [5.41, 5.74) is 15.7. The summed E-state index contributed by atoms with van der Waals surface area (Å²) in [6.07, 6.45) is 5.52. The normalized spacial score (nSPS) is 11.0. The Morgan fingerprint density at radius 2 is 0.582 bits per heavy atom. The second-order valence-corrected chi connectivity index (χ2v) is 17.9. The van der Waals surface area contributed by atoms with Gasteiger partial charge >= 0.3 is 20.1 Å². The molecule has 3 heterocycles. The van der Waals surface area contributed by atoms with E-state index in [9.17, 15) is 13.2 Å². The van der Waals surface area contributed by atoms with E-state index in [0.717, 1.165) is 66.8 Å². The molecule has 10 aromatic rings. The molecule has 0 aliphatic heterocycles. The summed E-state index contributed by atoms with van der Waals surface area (Å²) < 4.78 is 43.2. The molecule has 0 bridgehead atoms. The minimum atomic E-state index is -0.386. The molecule has 0 aliphatic carbocycles. The molecule has 0 spiro atoms. The zero-order valence-corrected chi connectivity index (χ0v) is 41.9. The van der Waals surface area contributed by atoms with Gasteiger partial charge in [-0.25, -0.2) is 0 Å². The van der Waals surface area contributed by atoms with E-state index < -0.39 is 0 Å². The van der Waals surface area contributed by atoms with Gasteiger partial charge in [-0.15, -0.1) is 71.3 Å². The average molecular weight is 1250 g/mol. The van der Waals surface area contributed by atoms with E-state index in [4.69, 9.17) is 15.0 Å². The summed E-state index contributed by atoms with van der Waals surface area (Å²) in [7, 11) is 0. The van der Waals surface area contributed by atoms with Crippen LogP contribution in [-0.2, 0) is 20.1 Å². The van der Waals surface area contributed by atoms with Gasteiger partial charge in [0.1, 0.15) is 0 Å². The van der Waals surface area contributed by atoms with Crippen molar-refractivity contribution in [1.29, 1.82) is 0 Å². The van der Waals surface area contributed by atoms with Crippen LogP contribution in [0, 0.1) is 35.7 Å². The fourth-order valence-electron chi connectivity index (χ4n) is 7.98. The quantitative estimate of drug-likeness (QED) is 0.135. The fraction of sp³-hybridized carbons (Fsp3) is 0. The van der Waals surface area contributed by atoms with Crippen LogP contribution >= 0.6 is 47.8 Å². The summed E-state index contributed by atoms with van der Waals surface area (Å²) in [4.78, 5) is 14.4. The van der Waals surface area contributed by atoms with E-state index >= 15 is 0 Å². The number of hydrogen-bond acceptors (Lipinski definition) is 3. The van der Waals surface area contributed by atoms with Crippen LogP contribution in [0.1, 0.15) is 0 Å². The van der Waals surface area contributed by atoms with Crippen LogP contribution in [0.4, 0.5) is 13.2 Å². The van der Waals surface area contributed by atoms with E-state index in [1.165, 1.54) is 18.2 Å². The third kappa shape index (κ3) is 9.69. The van der Waals surface area contributed by atoms with Gasteiger partial charge in [-0.1, -0.05) is 157 Å². The molecule has 3 nitrogen and oxygen atoms in total. The molecular formula is C57H30Br3F3IrN3. The van der Waals surface area contributed by atoms with Crippen molar-refractivity contribution in [3.8, 4) is 101 Å². The van der Waals surface area contributed by atoms with E-state index in [0.29, 0.717) is 47.2 Å². The third-order valence-corrected chi connectivity index (χ3v) is 13.1. The number of rotatable bonds is 9. The third-order valence-electron chi connectivity index (χ3n) is 11.3. The van der Waals surface area contributed by atoms with Gasteiger partial charge in [0.15, 0.2) is 0 Å². The van der Waals surface area contributed by atoms with Gasteiger partial charge in [-0.3, -0.25) is 13.2 Å². The minimum Gasteiger partial charge on any atom is -0.304 e. The van der Waals surface area contributed by atoms with Crippen molar-refractivity contribution in [3.05, 3.63) is 231 Å². The Morgan fingerprint density at radius 1 is 0.328 bits per heavy atom. The first-order valence-corrected chi connectivity index (χ1v) is 23.0. The van der Waals surface area contributed by atoms with Crippen LogP contribution in [0.2, 0.25) is 0 Å². The second kappa shape index (κ2) is 20.0. The largest absolute Gasteiger partial charge is 3.00 e. The number of aromatic nitrogens is 3. The van der Waals surface area contributed by atoms with Crippen molar-refractivity contribution in [2.75, 3.05) is 0 Å². The van der Waals surface area contributed by atoms with Crippen LogP contribution in [0.3, 0.4) is 0 Å². The summed E-state index contributed by atoms with van der Waals surface area (Å²) >= 11 is 9.86. The van der Waals surface area contributed by atoms with Gasteiger partial charge in [0, 0.05) is 18.6 Å². The Labute approximate surface area is 424 Å². The smallest absolute Gasteiger partial charge is 0.304 e. The summed E-state index contributed by atoms with van der Waals surface area (Å²) in [5.74, 6) is -1.16. The molecule has 0 saturated carbocycles. The molecule has 0 amide bonds. The summed E-state index contributed by atoms with van der Waals surface area (Å²) in [6, 6.07) is 61.2. The molecule has 10 rings (SSSR count). The van der Waals surface area contributed by atoms with Gasteiger partial charge in [0.25, 0.3) is 0 Å². The molecule has 0 N–H and O–H groups in total. The van der Waals surface area contributed by atoms with Gasteiger partial charge in [0.05, 0.1) is 17.5 Å². The number of nitrogens with zero attached hydrogens (tertiary/aromatic N) is 3. The average Bonchev–Trinajstić information content (AvgIpc) is 3.36. The summed E-state index contributed by atoms with van der Waals surface area (Å²) in [5, 5.41) is 0. The van der Waals surface area contributed by atoms with Crippen molar-refractivity contribution < 1.29 is 33.3 Å². The maximum Gasteiger partial charge on any atom is 3.00 e. The van der Waals surface area contributed by atoms with E-state index in [2.05, 4.69) is 121 Å². The first kappa shape index (κ1) is 46.0. The Morgan fingerprint density at radius 3 is 0.806 bits per heavy atom. The zero-order valence-electron chi connectivity index (χ0n) is 34.8. The molecule has 7 aromatic carbocycles. The maximum absolute atomic E-state index is 14.1. The van der Waals surface area contributed by atoms with E-state index in [1.54, 1.807) is 18.2 Å². The van der Waals surface area contributed by atoms with Crippen LogP contribution in [-0.4, -0.2) is 15.0 Å². The van der Waals surface area contributed by atoms with Gasteiger partial charge in [0.2, 0.25) is 0 Å². The van der Waals surface area contributed by atoms with Crippen molar-refractivity contribution in [2.24, 2.45) is 0 Å². The zero-order chi connectivity index (χ0) is 45.3. The Balaban J connectivity index is 0.00000562. The van der Waals surface area contributed by atoms with Gasteiger partial charge < -0.3 is 15.0 Å². The monoisotopic (exact) mass is 1240 g/mol. The van der Waals surface area contributed by atoms with Crippen molar-refractivity contribution in [3.63, 3.8) is 0 Å². The van der Waals surface area contributed by atoms with Crippen LogP contribution in [0.15, 0.2) is 196 Å². The first-order valence-electron chi connectivity index (χ1n) is 20.6. The SMILES string of the molecule is Fc1c[c-]c(-c2ccc(-c3ccccc3-c3cc(-c4ccccc4-c4ccc(-c5[c-]cc(F)c(Br)c5)nc4)cc(-c4ccccc4-c4ccc(-c5[c-]cc(F)c(Br)c5)nc4)c3)cn2)cc1Br.[Ir+3]. The number of pyridine rings is 3. The summed E-state index contributed by atoms with van der Waals surface area (Å²) in [6.45, 7) is 0. The van der Waals surface area contributed by atoms with Crippen LogP contribution in [0.25, 0.3) is 101 Å². The number of benzene rings is 7. The molecule has 0 fully saturated rings. The molecule has 0 atom stereocenters. The van der Waals surface area contributed by atoms with Crippen LogP contribution < -0.4 is 0 Å². The molecule has 0 radical (unpaired) electrons. The molecule has 324 valence electrons. The first-order chi connectivity index (χ1) is 32.2. The Bertz CT molecular complexity index is 3060. The fourth-order valence-corrected chi connectivity index (χ4v) is 9.01. The maximum atomic E-state index is 14.1. The van der Waals surface area contributed by atoms with E-state index in [1.807, 2.05) is 91.4 Å². The number of halogens is 6. The van der Waals surface area contributed by atoms with Gasteiger partial charge in [-0.05, 0) is 115 Å². The Hall–Kier alpha value is -6.13. The van der Waals surface area contributed by atoms with Crippen molar-refractivity contribution >= 4 is 47.8 Å².